The molecule has 0 saturated carbocycles. The van der Waals surface area contributed by atoms with Gasteiger partial charge in [-0.15, -0.1) is 0 Å². The Balaban J connectivity index is 4.10. The summed E-state index contributed by atoms with van der Waals surface area (Å²) in [7, 11) is 0. The third-order valence-corrected chi connectivity index (χ3v) is 1.42. The lowest BCUT2D eigenvalue weighted by Crippen LogP contribution is -2.34. The SMILES string of the molecule is CCOC(=O)C(CC)OC(C)(C)C. The van der Waals surface area contributed by atoms with Crippen LogP contribution in [-0.2, 0) is 14.3 Å². The van der Waals surface area contributed by atoms with E-state index in [0.717, 1.165) is 0 Å². The van der Waals surface area contributed by atoms with Crippen molar-refractivity contribution in [2.75, 3.05) is 6.61 Å². The second-order valence-electron chi connectivity index (χ2n) is 3.88. The second kappa shape index (κ2) is 5.22. The summed E-state index contributed by atoms with van der Waals surface area (Å²) >= 11 is 0. The first-order chi connectivity index (χ1) is 5.90. The molecule has 78 valence electrons. The van der Waals surface area contributed by atoms with Gasteiger partial charge in [-0.25, -0.2) is 4.79 Å². The molecule has 0 aliphatic heterocycles. The Hall–Kier alpha value is -0.570. The van der Waals surface area contributed by atoms with Crippen LogP contribution < -0.4 is 0 Å². The number of hydrogen-bond acceptors (Lipinski definition) is 3. The highest BCUT2D eigenvalue weighted by Gasteiger charge is 2.24. The maximum absolute atomic E-state index is 11.3. The molecule has 0 radical (unpaired) electrons. The van der Waals surface area contributed by atoms with Crippen molar-refractivity contribution in [1.29, 1.82) is 0 Å². The molecule has 1 unspecified atom stereocenters. The van der Waals surface area contributed by atoms with Crippen LogP contribution >= 0.6 is 0 Å². The number of carbonyl (C=O) groups is 1. The van der Waals surface area contributed by atoms with Crippen molar-refractivity contribution in [1.82, 2.24) is 0 Å². The molecule has 0 spiro atoms. The maximum Gasteiger partial charge on any atom is 0.335 e. The van der Waals surface area contributed by atoms with E-state index in [1.165, 1.54) is 0 Å². The van der Waals surface area contributed by atoms with Crippen molar-refractivity contribution in [2.45, 2.75) is 52.7 Å². The Morgan fingerprint density at radius 1 is 1.31 bits per heavy atom. The molecule has 0 aromatic heterocycles. The highest BCUT2D eigenvalue weighted by Crippen LogP contribution is 2.13. The van der Waals surface area contributed by atoms with Crippen LogP contribution in [0, 0.1) is 0 Å². The fraction of sp³-hybridized carbons (Fsp3) is 0.900. The lowest BCUT2D eigenvalue weighted by molar-refractivity contribution is -0.166. The molecule has 0 fully saturated rings. The molecular weight excluding hydrogens is 168 g/mol. The number of esters is 1. The van der Waals surface area contributed by atoms with Crippen molar-refractivity contribution in [3.05, 3.63) is 0 Å². The van der Waals surface area contributed by atoms with Gasteiger partial charge in [-0.05, 0) is 34.1 Å². The summed E-state index contributed by atoms with van der Waals surface area (Å²) in [5.74, 6) is -0.264. The second-order valence-corrected chi connectivity index (χ2v) is 3.88. The average molecular weight is 188 g/mol. The predicted molar refractivity (Wildman–Crippen MR) is 51.6 cm³/mol. The molecule has 3 nitrogen and oxygen atoms in total. The lowest BCUT2D eigenvalue weighted by Gasteiger charge is -2.25. The van der Waals surface area contributed by atoms with Crippen molar-refractivity contribution in [2.24, 2.45) is 0 Å². The van der Waals surface area contributed by atoms with Crippen LogP contribution in [0.1, 0.15) is 41.0 Å². The molecule has 0 aromatic carbocycles. The Morgan fingerprint density at radius 3 is 2.15 bits per heavy atom. The molecule has 0 rings (SSSR count). The Kier molecular flexibility index (Phi) is 4.99. The Bertz CT molecular complexity index is 158. The first-order valence-electron chi connectivity index (χ1n) is 4.75. The van der Waals surface area contributed by atoms with Gasteiger partial charge in [0.05, 0.1) is 12.2 Å². The maximum atomic E-state index is 11.3. The van der Waals surface area contributed by atoms with Gasteiger partial charge in [0.2, 0.25) is 0 Å². The van der Waals surface area contributed by atoms with Gasteiger partial charge in [-0.2, -0.15) is 0 Å². The van der Waals surface area contributed by atoms with E-state index in [1.807, 2.05) is 27.7 Å². The molecule has 0 bridgehead atoms. The summed E-state index contributed by atoms with van der Waals surface area (Å²) < 4.78 is 10.4. The van der Waals surface area contributed by atoms with Gasteiger partial charge in [0.25, 0.3) is 0 Å². The van der Waals surface area contributed by atoms with Crippen molar-refractivity contribution < 1.29 is 14.3 Å². The van der Waals surface area contributed by atoms with E-state index in [4.69, 9.17) is 9.47 Å². The standard InChI is InChI=1S/C10H20O3/c1-6-8(9(11)12-7-2)13-10(3,4)5/h8H,6-7H2,1-5H3. The van der Waals surface area contributed by atoms with Crippen LogP contribution in [0.2, 0.25) is 0 Å². The van der Waals surface area contributed by atoms with Crippen molar-refractivity contribution >= 4 is 5.97 Å². The van der Waals surface area contributed by atoms with E-state index in [1.54, 1.807) is 6.92 Å². The van der Waals surface area contributed by atoms with Gasteiger partial charge in [-0.3, -0.25) is 0 Å². The number of hydrogen-bond donors (Lipinski definition) is 0. The largest absolute Gasteiger partial charge is 0.464 e. The number of ether oxygens (including phenoxy) is 2. The van der Waals surface area contributed by atoms with Gasteiger partial charge < -0.3 is 9.47 Å². The van der Waals surface area contributed by atoms with E-state index in [-0.39, 0.29) is 11.6 Å². The molecule has 1 atom stereocenters. The van der Waals surface area contributed by atoms with Crippen LogP contribution in [0.5, 0.6) is 0 Å². The molecule has 0 saturated heterocycles. The Morgan fingerprint density at radius 2 is 1.85 bits per heavy atom. The molecule has 0 aliphatic rings. The zero-order chi connectivity index (χ0) is 10.5. The molecular formula is C10H20O3. The first kappa shape index (κ1) is 12.4. The van der Waals surface area contributed by atoms with E-state index >= 15 is 0 Å². The summed E-state index contributed by atoms with van der Waals surface area (Å²) in [4.78, 5) is 11.3. The van der Waals surface area contributed by atoms with Crippen LogP contribution in [0.25, 0.3) is 0 Å². The minimum Gasteiger partial charge on any atom is -0.464 e. The highest BCUT2D eigenvalue weighted by molar-refractivity contribution is 5.74. The molecule has 0 heterocycles. The summed E-state index contributed by atoms with van der Waals surface area (Å²) in [5, 5.41) is 0. The van der Waals surface area contributed by atoms with Gasteiger partial charge >= 0.3 is 5.97 Å². The normalized spacial score (nSPS) is 13.9. The summed E-state index contributed by atoms with van der Waals surface area (Å²) in [6, 6.07) is 0. The van der Waals surface area contributed by atoms with E-state index in [0.29, 0.717) is 13.0 Å². The van der Waals surface area contributed by atoms with Gasteiger partial charge in [0.1, 0.15) is 0 Å². The smallest absolute Gasteiger partial charge is 0.335 e. The summed E-state index contributed by atoms with van der Waals surface area (Å²) in [5.41, 5.74) is -0.298. The Labute approximate surface area is 80.4 Å². The molecule has 0 aromatic rings. The molecule has 3 heteroatoms. The van der Waals surface area contributed by atoms with Crippen molar-refractivity contribution in [3.8, 4) is 0 Å². The van der Waals surface area contributed by atoms with Gasteiger partial charge in [0, 0.05) is 0 Å². The van der Waals surface area contributed by atoms with E-state index in [9.17, 15) is 4.79 Å². The van der Waals surface area contributed by atoms with E-state index in [2.05, 4.69) is 0 Å². The quantitative estimate of drug-likeness (QED) is 0.634. The minimum absolute atomic E-state index is 0.264. The van der Waals surface area contributed by atoms with Gasteiger partial charge in [-0.1, -0.05) is 6.92 Å². The minimum atomic E-state index is -0.431. The number of carbonyl (C=O) groups excluding carboxylic acids is 1. The number of rotatable bonds is 4. The highest BCUT2D eigenvalue weighted by atomic mass is 16.6. The van der Waals surface area contributed by atoms with Crippen LogP contribution in [0.4, 0.5) is 0 Å². The fourth-order valence-electron chi connectivity index (χ4n) is 0.960. The molecule has 0 amide bonds. The zero-order valence-electron chi connectivity index (χ0n) is 9.22. The van der Waals surface area contributed by atoms with Gasteiger partial charge in [0.15, 0.2) is 6.10 Å². The molecule has 0 aliphatic carbocycles. The monoisotopic (exact) mass is 188 g/mol. The fourth-order valence-corrected chi connectivity index (χ4v) is 0.960. The zero-order valence-corrected chi connectivity index (χ0v) is 9.22. The lowest BCUT2D eigenvalue weighted by atomic mass is 10.1. The predicted octanol–water partition coefficient (Wildman–Crippen LogP) is 2.14. The molecule has 13 heavy (non-hydrogen) atoms. The summed E-state index contributed by atoms with van der Waals surface area (Å²) in [6.45, 7) is 9.89. The first-order valence-corrected chi connectivity index (χ1v) is 4.75. The van der Waals surface area contributed by atoms with E-state index < -0.39 is 6.10 Å². The molecule has 0 N–H and O–H groups in total. The van der Waals surface area contributed by atoms with Crippen LogP contribution in [-0.4, -0.2) is 24.3 Å². The van der Waals surface area contributed by atoms with Crippen molar-refractivity contribution in [3.63, 3.8) is 0 Å². The third kappa shape index (κ3) is 5.64. The average Bonchev–Trinajstić information content (AvgIpc) is 1.99. The third-order valence-electron chi connectivity index (χ3n) is 1.42. The van der Waals surface area contributed by atoms with Crippen LogP contribution in [0.3, 0.4) is 0 Å². The van der Waals surface area contributed by atoms with Crippen LogP contribution in [0.15, 0.2) is 0 Å². The summed E-state index contributed by atoms with van der Waals surface area (Å²) in [6.07, 6.45) is 0.218. The topological polar surface area (TPSA) is 35.5 Å².